The van der Waals surface area contributed by atoms with Crippen LogP contribution in [0.15, 0.2) is 35.3 Å². The molecule has 0 aliphatic heterocycles. The summed E-state index contributed by atoms with van der Waals surface area (Å²) in [6.45, 7) is 9.66. The zero-order valence-electron chi connectivity index (χ0n) is 17.4. The normalized spacial score (nSPS) is 11.5. The Labute approximate surface area is 194 Å². The molecule has 2 heterocycles. The first-order valence-corrected chi connectivity index (χ1v) is 10.8. The van der Waals surface area contributed by atoms with Crippen molar-refractivity contribution in [2.24, 2.45) is 4.99 Å². The molecule has 0 aliphatic carbocycles. The van der Waals surface area contributed by atoms with Crippen molar-refractivity contribution < 1.29 is 0 Å². The zero-order chi connectivity index (χ0) is 19.8. The molecular formula is C21H31IN6S. The number of hydrogen-bond donors (Lipinski definition) is 2. The summed E-state index contributed by atoms with van der Waals surface area (Å²) in [5, 5.41) is 12.5. The Morgan fingerprint density at radius 1 is 1.17 bits per heavy atom. The van der Waals surface area contributed by atoms with E-state index in [1.807, 2.05) is 13.0 Å². The third-order valence-electron chi connectivity index (χ3n) is 4.44. The zero-order valence-corrected chi connectivity index (χ0v) is 20.6. The van der Waals surface area contributed by atoms with E-state index in [9.17, 15) is 0 Å². The number of nitrogens with zero attached hydrogens (tertiary/aromatic N) is 4. The van der Waals surface area contributed by atoms with E-state index in [4.69, 9.17) is 4.98 Å². The Balaban J connectivity index is 0.00000300. The van der Waals surface area contributed by atoms with Crippen LogP contribution in [0, 0.1) is 13.8 Å². The van der Waals surface area contributed by atoms with Gasteiger partial charge in [-0.2, -0.15) is 5.10 Å². The number of aryl methyl sites for hydroxylation is 4. The van der Waals surface area contributed by atoms with Crippen LogP contribution >= 0.6 is 35.3 Å². The fourth-order valence-corrected chi connectivity index (χ4v) is 4.14. The van der Waals surface area contributed by atoms with E-state index in [0.717, 1.165) is 62.6 Å². The molecule has 0 saturated carbocycles. The van der Waals surface area contributed by atoms with Crippen LogP contribution in [0.1, 0.15) is 36.2 Å². The first kappa shape index (κ1) is 23.6. The molecule has 1 aromatic carbocycles. The summed E-state index contributed by atoms with van der Waals surface area (Å²) in [6.07, 6.45) is 3.00. The lowest BCUT2D eigenvalue weighted by Gasteiger charge is -2.11. The van der Waals surface area contributed by atoms with E-state index in [2.05, 4.69) is 63.5 Å². The van der Waals surface area contributed by atoms with Crippen molar-refractivity contribution in [1.82, 2.24) is 25.4 Å². The van der Waals surface area contributed by atoms with Gasteiger partial charge in [-0.3, -0.25) is 9.67 Å². The van der Waals surface area contributed by atoms with Crippen molar-refractivity contribution in [3.63, 3.8) is 0 Å². The number of guanidine groups is 1. The number of halogens is 1. The minimum Gasteiger partial charge on any atom is -0.357 e. The molecule has 0 spiro atoms. The van der Waals surface area contributed by atoms with E-state index in [1.54, 1.807) is 11.3 Å². The van der Waals surface area contributed by atoms with Gasteiger partial charge in [0.15, 0.2) is 5.96 Å². The van der Waals surface area contributed by atoms with Gasteiger partial charge in [-0.05, 0) is 51.8 Å². The van der Waals surface area contributed by atoms with E-state index < -0.39 is 0 Å². The first-order chi connectivity index (χ1) is 13.7. The second kappa shape index (κ2) is 12.1. The molecule has 0 amide bonds. The Kier molecular flexibility index (Phi) is 9.86. The SMILES string of the molecule is CCNC(=NCCCn1nc(C)cc1C)NCCCc1nc2ccccc2s1.I. The second-order valence-electron chi connectivity index (χ2n) is 6.87. The maximum atomic E-state index is 4.70. The highest BCUT2D eigenvalue weighted by Crippen LogP contribution is 2.22. The molecule has 6 nitrogen and oxygen atoms in total. The van der Waals surface area contributed by atoms with Crippen molar-refractivity contribution in [2.75, 3.05) is 19.6 Å². The number of fused-ring (bicyclic) bond motifs is 1. The molecule has 0 atom stereocenters. The largest absolute Gasteiger partial charge is 0.357 e. The van der Waals surface area contributed by atoms with Gasteiger partial charge in [0.05, 0.1) is 20.9 Å². The van der Waals surface area contributed by atoms with E-state index in [-0.39, 0.29) is 24.0 Å². The predicted molar refractivity (Wildman–Crippen MR) is 134 cm³/mol. The molecule has 0 saturated heterocycles. The van der Waals surface area contributed by atoms with Gasteiger partial charge in [-0.15, -0.1) is 35.3 Å². The standard InChI is InChI=1S/C21H30N6S.HI/c1-4-22-21(24-13-8-14-27-17(3)15-16(2)26-27)23-12-7-11-20-25-18-9-5-6-10-19(18)28-20;/h5-6,9-10,15H,4,7-8,11-14H2,1-3H3,(H2,22,23,24);1H. The lowest BCUT2D eigenvalue weighted by molar-refractivity contribution is 0.567. The number of nitrogens with one attached hydrogen (secondary N) is 2. The minimum absolute atomic E-state index is 0. The summed E-state index contributed by atoms with van der Waals surface area (Å²) >= 11 is 1.79. The number of para-hydroxylation sites is 1. The average Bonchev–Trinajstić information content (AvgIpc) is 3.23. The van der Waals surface area contributed by atoms with Crippen molar-refractivity contribution in [3.8, 4) is 0 Å². The monoisotopic (exact) mass is 526 g/mol. The van der Waals surface area contributed by atoms with Crippen LogP contribution in [-0.4, -0.2) is 40.4 Å². The molecule has 29 heavy (non-hydrogen) atoms. The third kappa shape index (κ3) is 7.26. The van der Waals surface area contributed by atoms with Crippen molar-refractivity contribution >= 4 is 51.5 Å². The number of benzene rings is 1. The second-order valence-corrected chi connectivity index (χ2v) is 7.99. The Hall–Kier alpha value is -1.68. The summed E-state index contributed by atoms with van der Waals surface area (Å²) in [5.74, 6) is 0.889. The van der Waals surface area contributed by atoms with E-state index >= 15 is 0 Å². The molecule has 3 rings (SSSR count). The Morgan fingerprint density at radius 3 is 2.72 bits per heavy atom. The van der Waals surface area contributed by atoms with Crippen LogP contribution in [0.4, 0.5) is 0 Å². The number of thiazole rings is 1. The molecule has 0 radical (unpaired) electrons. The topological polar surface area (TPSA) is 67.1 Å². The summed E-state index contributed by atoms with van der Waals surface area (Å²) in [6, 6.07) is 10.4. The number of rotatable bonds is 9. The third-order valence-corrected chi connectivity index (χ3v) is 5.54. The molecule has 3 aromatic rings. The van der Waals surface area contributed by atoms with Gasteiger partial charge in [-0.1, -0.05) is 12.1 Å². The summed E-state index contributed by atoms with van der Waals surface area (Å²) in [5.41, 5.74) is 3.39. The van der Waals surface area contributed by atoms with Crippen LogP contribution in [0.2, 0.25) is 0 Å². The lowest BCUT2D eigenvalue weighted by atomic mass is 10.3. The molecule has 0 unspecified atom stereocenters. The molecule has 2 aromatic heterocycles. The first-order valence-electron chi connectivity index (χ1n) is 10.0. The van der Waals surface area contributed by atoms with Crippen molar-refractivity contribution in [1.29, 1.82) is 0 Å². The van der Waals surface area contributed by atoms with Gasteiger partial charge < -0.3 is 10.6 Å². The van der Waals surface area contributed by atoms with Crippen LogP contribution in [0.5, 0.6) is 0 Å². The maximum absolute atomic E-state index is 4.70. The fraction of sp³-hybridized carbons (Fsp3) is 0.476. The molecular weight excluding hydrogens is 495 g/mol. The maximum Gasteiger partial charge on any atom is 0.191 e. The summed E-state index contributed by atoms with van der Waals surface area (Å²) < 4.78 is 3.33. The highest BCUT2D eigenvalue weighted by Gasteiger charge is 2.04. The van der Waals surface area contributed by atoms with Gasteiger partial charge in [0.1, 0.15) is 0 Å². The number of hydrogen-bond acceptors (Lipinski definition) is 4. The lowest BCUT2D eigenvalue weighted by Crippen LogP contribution is -2.38. The van der Waals surface area contributed by atoms with Gasteiger partial charge in [0, 0.05) is 38.3 Å². The molecule has 0 aliphatic rings. The fourth-order valence-electron chi connectivity index (χ4n) is 3.13. The van der Waals surface area contributed by atoms with Crippen LogP contribution in [0.3, 0.4) is 0 Å². The number of aromatic nitrogens is 3. The van der Waals surface area contributed by atoms with Crippen LogP contribution in [0.25, 0.3) is 10.2 Å². The van der Waals surface area contributed by atoms with Gasteiger partial charge in [0.25, 0.3) is 0 Å². The highest BCUT2D eigenvalue weighted by atomic mass is 127. The summed E-state index contributed by atoms with van der Waals surface area (Å²) in [7, 11) is 0. The van der Waals surface area contributed by atoms with Crippen molar-refractivity contribution in [3.05, 3.63) is 46.7 Å². The highest BCUT2D eigenvalue weighted by molar-refractivity contribution is 14.0. The van der Waals surface area contributed by atoms with Crippen molar-refractivity contribution in [2.45, 2.75) is 46.6 Å². The molecule has 2 N–H and O–H groups in total. The number of aliphatic imine (C=N–C) groups is 1. The molecule has 0 bridgehead atoms. The molecule has 0 fully saturated rings. The molecule has 158 valence electrons. The summed E-state index contributed by atoms with van der Waals surface area (Å²) in [4.78, 5) is 9.39. The van der Waals surface area contributed by atoms with E-state index in [1.165, 1.54) is 15.4 Å². The Morgan fingerprint density at radius 2 is 2.00 bits per heavy atom. The Bertz CT molecular complexity index is 884. The predicted octanol–water partition coefficient (Wildman–Crippen LogP) is 4.31. The minimum atomic E-state index is 0. The average molecular weight is 526 g/mol. The van der Waals surface area contributed by atoms with Crippen LogP contribution < -0.4 is 10.6 Å². The van der Waals surface area contributed by atoms with E-state index in [0.29, 0.717) is 0 Å². The molecule has 8 heteroatoms. The quantitative estimate of drug-likeness (QED) is 0.189. The van der Waals surface area contributed by atoms with Gasteiger partial charge in [-0.25, -0.2) is 4.98 Å². The van der Waals surface area contributed by atoms with Gasteiger partial charge >= 0.3 is 0 Å². The van der Waals surface area contributed by atoms with Gasteiger partial charge in [0.2, 0.25) is 0 Å². The van der Waals surface area contributed by atoms with Crippen LogP contribution in [-0.2, 0) is 13.0 Å². The smallest absolute Gasteiger partial charge is 0.191 e.